The normalized spacial score (nSPS) is 27.8. The predicted molar refractivity (Wildman–Crippen MR) is 80.1 cm³/mol. The van der Waals surface area contributed by atoms with Crippen LogP contribution in [0.3, 0.4) is 0 Å². The summed E-state index contributed by atoms with van der Waals surface area (Å²) in [6.45, 7) is 1.54. The lowest BCUT2D eigenvalue weighted by atomic mass is 9.82. The molecular weight excluding hydrogens is 284 g/mol. The molecule has 0 aromatic carbocycles. The molecule has 7 nitrogen and oxygen atoms in total. The molecule has 122 valence electrons. The summed E-state index contributed by atoms with van der Waals surface area (Å²) >= 11 is 0. The fraction of sp³-hybridized carbons (Fsp3) is 0.800. The maximum atomic E-state index is 12.6. The Bertz CT molecular complexity index is 467. The Labute approximate surface area is 130 Å². The summed E-state index contributed by atoms with van der Waals surface area (Å²) in [7, 11) is 0. The zero-order chi connectivity index (χ0) is 15.6. The van der Waals surface area contributed by atoms with E-state index in [1.807, 2.05) is 0 Å². The minimum Gasteiger partial charge on any atom is -0.351 e. The maximum absolute atomic E-state index is 12.6. The fourth-order valence-corrected chi connectivity index (χ4v) is 3.71. The van der Waals surface area contributed by atoms with Crippen molar-refractivity contribution in [3.8, 4) is 0 Å². The third-order valence-corrected chi connectivity index (χ3v) is 4.92. The Kier molecular flexibility index (Phi) is 4.33. The molecule has 0 aromatic rings. The Hall–Kier alpha value is -1.63. The summed E-state index contributed by atoms with van der Waals surface area (Å²) < 4.78 is 0. The second-order valence-electron chi connectivity index (χ2n) is 6.58. The van der Waals surface area contributed by atoms with Crippen molar-refractivity contribution in [1.82, 2.24) is 20.9 Å². The first-order valence-corrected chi connectivity index (χ1v) is 8.25. The van der Waals surface area contributed by atoms with Crippen molar-refractivity contribution < 1.29 is 14.4 Å². The van der Waals surface area contributed by atoms with Crippen molar-refractivity contribution >= 4 is 17.8 Å². The minimum absolute atomic E-state index is 0.0886. The van der Waals surface area contributed by atoms with E-state index in [0.717, 1.165) is 50.1 Å². The van der Waals surface area contributed by atoms with E-state index >= 15 is 0 Å². The molecule has 4 amide bonds. The van der Waals surface area contributed by atoms with Crippen molar-refractivity contribution in [3.63, 3.8) is 0 Å². The monoisotopic (exact) mass is 308 g/mol. The number of urea groups is 1. The van der Waals surface area contributed by atoms with Crippen molar-refractivity contribution in [2.45, 2.75) is 56.5 Å². The smallest absolute Gasteiger partial charge is 0.325 e. The summed E-state index contributed by atoms with van der Waals surface area (Å²) in [6, 6.07) is -0.338. The number of piperidine rings is 1. The Balaban J connectivity index is 1.58. The summed E-state index contributed by atoms with van der Waals surface area (Å²) in [5, 5.41) is 8.95. The van der Waals surface area contributed by atoms with Crippen LogP contribution in [0, 0.1) is 0 Å². The van der Waals surface area contributed by atoms with Crippen LogP contribution in [0.1, 0.15) is 44.9 Å². The maximum Gasteiger partial charge on any atom is 0.325 e. The van der Waals surface area contributed by atoms with E-state index in [4.69, 9.17) is 0 Å². The number of carbonyl (C=O) groups is 3. The van der Waals surface area contributed by atoms with Gasteiger partial charge in [-0.2, -0.15) is 0 Å². The molecule has 1 atom stereocenters. The first kappa shape index (κ1) is 15.3. The highest BCUT2D eigenvalue weighted by atomic mass is 16.2. The van der Waals surface area contributed by atoms with Gasteiger partial charge in [-0.25, -0.2) is 4.79 Å². The van der Waals surface area contributed by atoms with Crippen molar-refractivity contribution in [2.75, 3.05) is 19.6 Å². The van der Waals surface area contributed by atoms with Crippen LogP contribution in [0.25, 0.3) is 0 Å². The van der Waals surface area contributed by atoms with Gasteiger partial charge < -0.3 is 16.0 Å². The number of amides is 4. The molecule has 1 saturated carbocycles. The molecule has 2 saturated heterocycles. The van der Waals surface area contributed by atoms with E-state index in [2.05, 4.69) is 16.0 Å². The highest BCUT2D eigenvalue weighted by Crippen LogP contribution is 2.33. The fourth-order valence-electron chi connectivity index (χ4n) is 3.71. The zero-order valence-corrected chi connectivity index (χ0v) is 12.8. The average molecular weight is 308 g/mol. The first-order valence-electron chi connectivity index (χ1n) is 8.25. The van der Waals surface area contributed by atoms with E-state index < -0.39 is 11.6 Å². The molecule has 3 N–H and O–H groups in total. The van der Waals surface area contributed by atoms with Gasteiger partial charge in [0.1, 0.15) is 12.1 Å². The summed E-state index contributed by atoms with van der Waals surface area (Å²) in [5.41, 5.74) is -0.748. The summed E-state index contributed by atoms with van der Waals surface area (Å²) in [4.78, 5) is 37.9. The lowest BCUT2D eigenvalue weighted by Crippen LogP contribution is -2.51. The van der Waals surface area contributed by atoms with Crippen LogP contribution in [0.5, 0.6) is 0 Å². The number of hydrogen-bond donors (Lipinski definition) is 3. The highest BCUT2D eigenvalue weighted by Gasteiger charge is 2.51. The van der Waals surface area contributed by atoms with Gasteiger partial charge in [-0.1, -0.05) is 19.3 Å². The highest BCUT2D eigenvalue weighted by molar-refractivity contribution is 6.09. The molecule has 0 radical (unpaired) electrons. The Morgan fingerprint density at radius 2 is 2.00 bits per heavy atom. The van der Waals surface area contributed by atoms with Gasteiger partial charge >= 0.3 is 6.03 Å². The van der Waals surface area contributed by atoms with Gasteiger partial charge in [-0.15, -0.1) is 0 Å². The van der Waals surface area contributed by atoms with Crippen LogP contribution in [-0.4, -0.2) is 54.0 Å². The Morgan fingerprint density at radius 3 is 2.68 bits per heavy atom. The molecule has 0 unspecified atom stereocenters. The molecule has 7 heteroatoms. The second kappa shape index (κ2) is 6.24. The standard InChI is InChI=1S/C15H24N4O3/c20-12(17-11-5-4-8-16-9-11)10-19-13(21)15(18-14(19)22)6-2-1-3-7-15/h11,16H,1-10H2,(H,17,20)(H,18,22)/t11-/m0/s1. The van der Waals surface area contributed by atoms with Crippen molar-refractivity contribution in [3.05, 3.63) is 0 Å². The number of nitrogens with one attached hydrogen (secondary N) is 3. The van der Waals surface area contributed by atoms with Gasteiger partial charge in [0.05, 0.1) is 0 Å². The molecule has 2 aliphatic heterocycles. The lowest BCUT2D eigenvalue weighted by Gasteiger charge is -2.30. The number of imide groups is 1. The number of carbonyl (C=O) groups excluding carboxylic acids is 3. The molecule has 3 rings (SSSR count). The molecule has 2 heterocycles. The quantitative estimate of drug-likeness (QED) is 0.646. The molecule has 1 spiro atoms. The zero-order valence-electron chi connectivity index (χ0n) is 12.8. The van der Waals surface area contributed by atoms with E-state index in [0.29, 0.717) is 12.8 Å². The van der Waals surface area contributed by atoms with Crippen LogP contribution < -0.4 is 16.0 Å². The molecule has 1 aliphatic carbocycles. The first-order chi connectivity index (χ1) is 10.6. The molecule has 3 aliphatic rings. The van der Waals surface area contributed by atoms with E-state index in [1.54, 1.807) is 0 Å². The molecule has 0 bridgehead atoms. The average Bonchev–Trinajstić information content (AvgIpc) is 2.73. The SMILES string of the molecule is O=C(CN1C(=O)NC2(CCCCC2)C1=O)N[C@H]1CCCNC1. The number of hydrogen-bond acceptors (Lipinski definition) is 4. The number of nitrogens with zero attached hydrogens (tertiary/aromatic N) is 1. The van der Waals surface area contributed by atoms with Crippen LogP contribution in [-0.2, 0) is 9.59 Å². The van der Waals surface area contributed by atoms with Gasteiger partial charge in [0.2, 0.25) is 5.91 Å². The van der Waals surface area contributed by atoms with Gasteiger partial charge in [0.25, 0.3) is 5.91 Å². The van der Waals surface area contributed by atoms with Gasteiger partial charge in [-0.3, -0.25) is 14.5 Å². The molecule has 22 heavy (non-hydrogen) atoms. The van der Waals surface area contributed by atoms with Crippen LogP contribution in [0.2, 0.25) is 0 Å². The van der Waals surface area contributed by atoms with Crippen LogP contribution in [0.15, 0.2) is 0 Å². The van der Waals surface area contributed by atoms with E-state index in [1.165, 1.54) is 0 Å². The van der Waals surface area contributed by atoms with Gasteiger partial charge in [0, 0.05) is 12.6 Å². The molecule has 3 fully saturated rings. The molecule has 0 aromatic heterocycles. The third kappa shape index (κ3) is 2.95. The van der Waals surface area contributed by atoms with Crippen LogP contribution in [0.4, 0.5) is 4.79 Å². The molecular formula is C15H24N4O3. The Morgan fingerprint density at radius 1 is 1.23 bits per heavy atom. The largest absolute Gasteiger partial charge is 0.351 e. The van der Waals surface area contributed by atoms with Gasteiger partial charge in [-0.05, 0) is 32.2 Å². The third-order valence-electron chi connectivity index (χ3n) is 4.92. The van der Waals surface area contributed by atoms with E-state index in [-0.39, 0.29) is 24.4 Å². The van der Waals surface area contributed by atoms with E-state index in [9.17, 15) is 14.4 Å². The lowest BCUT2D eigenvalue weighted by molar-refractivity contribution is -0.136. The summed E-state index contributed by atoms with van der Waals surface area (Å²) in [5.74, 6) is -0.487. The van der Waals surface area contributed by atoms with Crippen molar-refractivity contribution in [2.24, 2.45) is 0 Å². The number of rotatable bonds is 3. The second-order valence-corrected chi connectivity index (χ2v) is 6.58. The minimum atomic E-state index is -0.748. The topological polar surface area (TPSA) is 90.5 Å². The predicted octanol–water partition coefficient (Wildman–Crippen LogP) is 0.109. The van der Waals surface area contributed by atoms with Crippen molar-refractivity contribution in [1.29, 1.82) is 0 Å². The summed E-state index contributed by atoms with van der Waals surface area (Å²) in [6.07, 6.45) is 6.31. The van der Waals surface area contributed by atoms with Gasteiger partial charge in [0.15, 0.2) is 0 Å². The van der Waals surface area contributed by atoms with Crippen LogP contribution >= 0.6 is 0 Å².